The van der Waals surface area contributed by atoms with Crippen LogP contribution in [-0.2, 0) is 9.59 Å². The number of ketones is 1. The highest BCUT2D eigenvalue weighted by atomic mass is 35.5. The number of aryl methyl sites for hydroxylation is 1. The third-order valence-electron chi connectivity index (χ3n) is 2.45. The second-order valence-electron chi connectivity index (χ2n) is 4.07. The minimum Gasteiger partial charge on any atom is -0.304 e. The molecule has 19 heavy (non-hydrogen) atoms. The van der Waals surface area contributed by atoms with E-state index in [4.69, 9.17) is 11.6 Å². The molecular weight excluding hydrogens is 266 g/mol. The average molecular weight is 278 g/mol. The Bertz CT molecular complexity index is 649. The van der Waals surface area contributed by atoms with E-state index in [0.29, 0.717) is 16.5 Å². The molecule has 1 aromatic carbocycles. The summed E-state index contributed by atoms with van der Waals surface area (Å²) in [6.45, 7) is 3.01. The van der Waals surface area contributed by atoms with Crippen LogP contribution in [0.5, 0.6) is 0 Å². The highest BCUT2D eigenvalue weighted by Crippen LogP contribution is 2.20. The largest absolute Gasteiger partial charge is 0.304 e. The van der Waals surface area contributed by atoms with E-state index in [2.05, 4.69) is 10.4 Å². The van der Waals surface area contributed by atoms with E-state index in [1.54, 1.807) is 31.2 Å². The summed E-state index contributed by atoms with van der Waals surface area (Å²) in [7, 11) is 0. The van der Waals surface area contributed by atoms with Crippen LogP contribution in [0.15, 0.2) is 30.3 Å². The van der Waals surface area contributed by atoms with Crippen molar-refractivity contribution in [3.05, 3.63) is 41.0 Å². The van der Waals surface area contributed by atoms with Gasteiger partial charge in [0.25, 0.3) is 5.91 Å². The normalized spacial score (nSPS) is 10.3. The fraction of sp³-hybridized carbons (Fsp3) is 0.154. The highest BCUT2D eigenvalue weighted by molar-refractivity contribution is 6.39. The molecule has 0 spiro atoms. The molecule has 0 aliphatic rings. The maximum absolute atomic E-state index is 11.4. The van der Waals surface area contributed by atoms with Gasteiger partial charge in [-0.1, -0.05) is 17.7 Å². The Morgan fingerprint density at radius 2 is 2.05 bits per heavy atom. The molecule has 1 N–H and O–H groups in total. The van der Waals surface area contributed by atoms with Crippen LogP contribution in [-0.4, -0.2) is 21.5 Å². The summed E-state index contributed by atoms with van der Waals surface area (Å²) in [6, 6.07) is 8.74. The minimum absolute atomic E-state index is 0.431. The first-order chi connectivity index (χ1) is 8.97. The number of halogens is 1. The van der Waals surface area contributed by atoms with Crippen LogP contribution in [0.1, 0.15) is 12.6 Å². The molecular formula is C13H12ClN3O2. The number of hydrogen-bond acceptors (Lipinski definition) is 3. The van der Waals surface area contributed by atoms with E-state index in [0.717, 1.165) is 5.69 Å². The molecule has 0 atom stereocenters. The molecule has 98 valence electrons. The van der Waals surface area contributed by atoms with Crippen molar-refractivity contribution in [1.82, 2.24) is 9.78 Å². The monoisotopic (exact) mass is 277 g/mol. The van der Waals surface area contributed by atoms with Crippen LogP contribution in [0.4, 0.5) is 5.82 Å². The molecule has 0 saturated carbocycles. The minimum atomic E-state index is -0.678. The van der Waals surface area contributed by atoms with Gasteiger partial charge in [-0.05, 0) is 25.1 Å². The number of rotatable bonds is 3. The number of nitrogens with zero attached hydrogens (tertiary/aromatic N) is 2. The standard InChI is InChI=1S/C13H12ClN3O2/c1-8-6-12(15-13(19)9(2)18)17(16-8)11-5-3-4-10(14)7-11/h3-7H,1-2H3,(H,15,19). The molecule has 0 unspecified atom stereocenters. The van der Waals surface area contributed by atoms with Crippen molar-refractivity contribution in [3.8, 4) is 5.69 Å². The first-order valence-corrected chi connectivity index (χ1v) is 5.99. The fourth-order valence-electron chi connectivity index (χ4n) is 1.60. The molecule has 2 rings (SSSR count). The number of Topliss-reactive ketones (excluding diaryl/α,β-unsaturated/α-hetero) is 1. The lowest BCUT2D eigenvalue weighted by Crippen LogP contribution is -2.21. The average Bonchev–Trinajstić information content (AvgIpc) is 2.70. The zero-order chi connectivity index (χ0) is 14.0. The van der Waals surface area contributed by atoms with Crippen molar-refractivity contribution in [2.75, 3.05) is 5.32 Å². The number of hydrogen-bond donors (Lipinski definition) is 1. The molecule has 0 aliphatic carbocycles. The van der Waals surface area contributed by atoms with Crippen molar-refractivity contribution in [3.63, 3.8) is 0 Å². The fourth-order valence-corrected chi connectivity index (χ4v) is 1.78. The lowest BCUT2D eigenvalue weighted by molar-refractivity contribution is -0.133. The maximum Gasteiger partial charge on any atom is 0.292 e. The number of anilines is 1. The summed E-state index contributed by atoms with van der Waals surface area (Å²) in [6.07, 6.45) is 0. The Morgan fingerprint density at radius 1 is 1.32 bits per heavy atom. The van der Waals surface area contributed by atoms with Crippen molar-refractivity contribution in [2.45, 2.75) is 13.8 Å². The lowest BCUT2D eigenvalue weighted by Gasteiger charge is -2.07. The Balaban J connectivity index is 2.41. The van der Waals surface area contributed by atoms with Crippen LogP contribution < -0.4 is 5.32 Å². The van der Waals surface area contributed by atoms with E-state index in [1.807, 2.05) is 6.07 Å². The van der Waals surface area contributed by atoms with Gasteiger partial charge in [-0.15, -0.1) is 0 Å². The van der Waals surface area contributed by atoms with Crippen LogP contribution in [0.25, 0.3) is 5.69 Å². The van der Waals surface area contributed by atoms with Gasteiger partial charge in [-0.2, -0.15) is 5.10 Å². The van der Waals surface area contributed by atoms with Gasteiger partial charge < -0.3 is 5.32 Å². The van der Waals surface area contributed by atoms with Crippen molar-refractivity contribution < 1.29 is 9.59 Å². The first kappa shape index (κ1) is 13.3. The second-order valence-corrected chi connectivity index (χ2v) is 4.51. The Morgan fingerprint density at radius 3 is 2.68 bits per heavy atom. The molecule has 5 nitrogen and oxygen atoms in total. The van der Waals surface area contributed by atoms with Gasteiger partial charge in [0.05, 0.1) is 11.4 Å². The van der Waals surface area contributed by atoms with Crippen LogP contribution in [0.2, 0.25) is 5.02 Å². The molecule has 1 heterocycles. The molecule has 0 bridgehead atoms. The summed E-state index contributed by atoms with van der Waals surface area (Å²) >= 11 is 5.93. The second kappa shape index (κ2) is 5.24. The van der Waals surface area contributed by atoms with Gasteiger partial charge in [0.15, 0.2) is 0 Å². The summed E-state index contributed by atoms with van der Waals surface area (Å²) in [5.74, 6) is -0.806. The van der Waals surface area contributed by atoms with Crippen LogP contribution in [0, 0.1) is 6.92 Å². The van der Waals surface area contributed by atoms with Crippen molar-refractivity contribution >= 4 is 29.1 Å². The number of nitrogens with one attached hydrogen (secondary N) is 1. The molecule has 6 heteroatoms. The Hall–Kier alpha value is -2.14. The number of benzene rings is 1. The number of carbonyl (C=O) groups is 2. The molecule has 0 aliphatic heterocycles. The van der Waals surface area contributed by atoms with Crippen molar-refractivity contribution in [1.29, 1.82) is 0 Å². The molecule has 1 aromatic heterocycles. The maximum atomic E-state index is 11.4. The van der Waals surface area contributed by atoms with Crippen LogP contribution in [0.3, 0.4) is 0 Å². The van der Waals surface area contributed by atoms with Gasteiger partial charge in [0.2, 0.25) is 5.78 Å². The zero-order valence-corrected chi connectivity index (χ0v) is 11.2. The van der Waals surface area contributed by atoms with Gasteiger partial charge in [-0.25, -0.2) is 4.68 Å². The highest BCUT2D eigenvalue weighted by Gasteiger charge is 2.13. The molecule has 0 fully saturated rings. The Labute approximate surface area is 115 Å². The van der Waals surface area contributed by atoms with Gasteiger partial charge in [0, 0.05) is 18.0 Å². The Kier molecular flexibility index (Phi) is 3.66. The predicted molar refractivity (Wildman–Crippen MR) is 72.6 cm³/mol. The first-order valence-electron chi connectivity index (χ1n) is 5.62. The van der Waals surface area contributed by atoms with Crippen molar-refractivity contribution in [2.24, 2.45) is 0 Å². The summed E-state index contributed by atoms with van der Waals surface area (Å²) < 4.78 is 1.53. The van der Waals surface area contributed by atoms with Gasteiger partial charge >= 0.3 is 0 Å². The van der Waals surface area contributed by atoms with E-state index in [-0.39, 0.29) is 0 Å². The predicted octanol–water partition coefficient (Wildman–Crippen LogP) is 2.36. The molecule has 1 amide bonds. The molecule has 2 aromatic rings. The van der Waals surface area contributed by atoms with Crippen LogP contribution >= 0.6 is 11.6 Å². The zero-order valence-electron chi connectivity index (χ0n) is 10.5. The molecule has 0 saturated heterocycles. The number of amides is 1. The van der Waals surface area contributed by atoms with Gasteiger partial charge in [-0.3, -0.25) is 9.59 Å². The lowest BCUT2D eigenvalue weighted by atomic mass is 10.3. The van der Waals surface area contributed by atoms with E-state index in [9.17, 15) is 9.59 Å². The topological polar surface area (TPSA) is 64.0 Å². The van der Waals surface area contributed by atoms with E-state index < -0.39 is 11.7 Å². The quantitative estimate of drug-likeness (QED) is 0.876. The van der Waals surface area contributed by atoms with E-state index >= 15 is 0 Å². The summed E-state index contributed by atoms with van der Waals surface area (Å²) in [5.41, 5.74) is 1.43. The summed E-state index contributed by atoms with van der Waals surface area (Å²) in [5, 5.41) is 7.35. The number of carbonyl (C=O) groups excluding carboxylic acids is 2. The third-order valence-corrected chi connectivity index (χ3v) is 2.68. The molecule has 0 radical (unpaired) electrons. The third kappa shape index (κ3) is 3.00. The SMILES string of the molecule is CC(=O)C(=O)Nc1cc(C)nn1-c1cccc(Cl)c1. The smallest absolute Gasteiger partial charge is 0.292 e. The number of aromatic nitrogens is 2. The summed E-state index contributed by atoms with van der Waals surface area (Å²) in [4.78, 5) is 22.4. The van der Waals surface area contributed by atoms with E-state index in [1.165, 1.54) is 11.6 Å². The van der Waals surface area contributed by atoms with Gasteiger partial charge in [0.1, 0.15) is 5.82 Å².